The highest BCUT2D eigenvalue weighted by Crippen LogP contribution is 2.20. The number of rotatable bonds is 4. The monoisotopic (exact) mass is 326 g/mol. The largest absolute Gasteiger partial charge is 0.380 e. The van der Waals surface area contributed by atoms with Gasteiger partial charge in [0.1, 0.15) is 0 Å². The third-order valence-corrected chi connectivity index (χ3v) is 3.17. The molecule has 0 unspecified atom stereocenters. The first-order chi connectivity index (χ1) is 10.0. The number of carbonyl (C=O) groups is 1. The average Bonchev–Trinajstić information content (AvgIpc) is 2.93. The summed E-state index contributed by atoms with van der Waals surface area (Å²) in [5.41, 5.74) is 6.44. The van der Waals surface area contributed by atoms with Crippen molar-refractivity contribution < 1.29 is 9.63 Å². The number of nitrogens with zero attached hydrogens (tertiary/aromatic N) is 3. The number of hydrogen-bond acceptors (Lipinski definition) is 4. The average molecular weight is 327 g/mol. The third kappa shape index (κ3) is 3.74. The molecular formula is C13H12Cl2N4O2. The Morgan fingerprint density at radius 3 is 2.86 bits per heavy atom. The van der Waals surface area contributed by atoms with Gasteiger partial charge in [-0.2, -0.15) is 5.10 Å². The topological polar surface area (TPSA) is 82.5 Å². The molecule has 2 aromatic rings. The Kier molecular flexibility index (Phi) is 4.82. The fourth-order valence-electron chi connectivity index (χ4n) is 1.53. The molecule has 8 heteroatoms. The van der Waals surface area contributed by atoms with E-state index in [0.717, 1.165) is 0 Å². The lowest BCUT2D eigenvalue weighted by Crippen LogP contribution is -2.15. The number of nitrogens with two attached hydrogens (primary N) is 1. The molecule has 21 heavy (non-hydrogen) atoms. The van der Waals surface area contributed by atoms with Crippen LogP contribution in [0.5, 0.6) is 0 Å². The number of amidine groups is 1. The highest BCUT2D eigenvalue weighted by atomic mass is 35.5. The van der Waals surface area contributed by atoms with E-state index in [1.807, 2.05) is 6.92 Å². The molecule has 0 fully saturated rings. The molecule has 2 N–H and O–H groups in total. The van der Waals surface area contributed by atoms with Gasteiger partial charge in [0, 0.05) is 23.3 Å². The van der Waals surface area contributed by atoms with E-state index in [1.54, 1.807) is 23.0 Å². The van der Waals surface area contributed by atoms with Crippen molar-refractivity contribution in [1.29, 1.82) is 0 Å². The Morgan fingerprint density at radius 2 is 2.24 bits per heavy atom. The van der Waals surface area contributed by atoms with Gasteiger partial charge in [-0.1, -0.05) is 28.4 Å². The Hall–Kier alpha value is -2.05. The van der Waals surface area contributed by atoms with E-state index in [9.17, 15) is 4.79 Å². The zero-order chi connectivity index (χ0) is 15.4. The molecule has 1 aromatic carbocycles. The maximum atomic E-state index is 11.8. The van der Waals surface area contributed by atoms with Crippen molar-refractivity contribution in [2.75, 3.05) is 0 Å². The molecule has 0 aliphatic rings. The smallest absolute Gasteiger partial charge is 0.368 e. The predicted octanol–water partition coefficient (Wildman–Crippen LogP) is 2.69. The lowest BCUT2D eigenvalue weighted by molar-refractivity contribution is 0.0516. The molecule has 2 rings (SSSR count). The summed E-state index contributed by atoms with van der Waals surface area (Å²) in [6.45, 7) is 2.56. The number of carbonyl (C=O) groups excluding carboxylic acids is 1. The quantitative estimate of drug-likeness (QED) is 0.405. The molecule has 0 atom stereocenters. The molecule has 6 nitrogen and oxygen atoms in total. The Bertz CT molecular complexity index is 697. The molecule has 110 valence electrons. The van der Waals surface area contributed by atoms with Crippen LogP contribution >= 0.6 is 23.2 Å². The number of aromatic nitrogens is 2. The van der Waals surface area contributed by atoms with Crippen LogP contribution < -0.4 is 5.73 Å². The minimum atomic E-state index is -0.650. The second kappa shape index (κ2) is 6.60. The fraction of sp³-hybridized carbons (Fsp3) is 0.154. The molecule has 0 amide bonds. The van der Waals surface area contributed by atoms with Crippen LogP contribution in [0.2, 0.25) is 10.0 Å². The van der Waals surface area contributed by atoms with Crippen molar-refractivity contribution in [3.05, 3.63) is 51.8 Å². The van der Waals surface area contributed by atoms with Crippen LogP contribution in [0, 0.1) is 0 Å². The highest BCUT2D eigenvalue weighted by molar-refractivity contribution is 6.36. The van der Waals surface area contributed by atoms with E-state index in [4.69, 9.17) is 33.8 Å². The zero-order valence-corrected chi connectivity index (χ0v) is 12.6. The Balaban J connectivity index is 2.10. The first-order valence-corrected chi connectivity index (χ1v) is 6.79. The molecule has 0 radical (unpaired) electrons. The van der Waals surface area contributed by atoms with E-state index in [0.29, 0.717) is 22.2 Å². The van der Waals surface area contributed by atoms with Crippen LogP contribution in [0.4, 0.5) is 0 Å². The molecule has 0 aliphatic heterocycles. The number of hydrogen-bond donors (Lipinski definition) is 1. The van der Waals surface area contributed by atoms with Gasteiger partial charge in [-0.15, -0.1) is 0 Å². The predicted molar refractivity (Wildman–Crippen MR) is 80.5 cm³/mol. The molecule has 0 bridgehead atoms. The maximum absolute atomic E-state index is 11.8. The van der Waals surface area contributed by atoms with E-state index in [1.165, 1.54) is 12.3 Å². The standard InChI is InChI=1S/C13H12Cl2N4O2/c1-2-19-7-8(6-17-19)13(20)21-18-12(16)10-4-3-9(14)5-11(10)15/h3-7H,2H2,1H3,(H2,16,18). The SMILES string of the molecule is CCn1cc(C(=O)O/N=C(\N)c2ccc(Cl)cc2Cl)cn1. The fourth-order valence-corrected chi connectivity index (χ4v) is 2.04. The first kappa shape index (κ1) is 15.3. The van der Waals surface area contributed by atoms with Crippen LogP contribution in [0.15, 0.2) is 35.7 Å². The number of halogens is 2. The molecule has 0 aliphatic carbocycles. The summed E-state index contributed by atoms with van der Waals surface area (Å²) in [5.74, 6) is -0.671. The normalized spacial score (nSPS) is 11.5. The van der Waals surface area contributed by atoms with Gasteiger partial charge in [0.15, 0.2) is 5.84 Å². The minimum Gasteiger partial charge on any atom is -0.380 e. The lowest BCUT2D eigenvalue weighted by atomic mass is 10.2. The highest BCUT2D eigenvalue weighted by Gasteiger charge is 2.11. The van der Waals surface area contributed by atoms with Crippen molar-refractivity contribution in [1.82, 2.24) is 9.78 Å². The summed E-state index contributed by atoms with van der Waals surface area (Å²) < 4.78 is 1.60. The second-order valence-corrected chi connectivity index (χ2v) is 4.91. The lowest BCUT2D eigenvalue weighted by Gasteiger charge is -2.03. The molecule has 1 aromatic heterocycles. The van der Waals surface area contributed by atoms with Crippen LogP contribution in [0.1, 0.15) is 22.8 Å². The second-order valence-electron chi connectivity index (χ2n) is 4.06. The molecule has 1 heterocycles. The van der Waals surface area contributed by atoms with Crippen LogP contribution in [-0.2, 0) is 11.4 Å². The van der Waals surface area contributed by atoms with Crippen LogP contribution in [-0.4, -0.2) is 21.6 Å². The number of oxime groups is 1. The van der Waals surface area contributed by atoms with E-state index < -0.39 is 5.97 Å². The minimum absolute atomic E-state index is 0.0205. The Labute approximate surface area is 131 Å². The summed E-state index contributed by atoms with van der Waals surface area (Å²) in [4.78, 5) is 16.5. The summed E-state index contributed by atoms with van der Waals surface area (Å²) >= 11 is 11.8. The van der Waals surface area contributed by atoms with Crippen molar-refractivity contribution in [2.45, 2.75) is 13.5 Å². The van der Waals surface area contributed by atoms with Gasteiger partial charge < -0.3 is 10.6 Å². The van der Waals surface area contributed by atoms with Gasteiger partial charge in [-0.05, 0) is 25.1 Å². The molecular weight excluding hydrogens is 315 g/mol. The molecule has 0 saturated carbocycles. The third-order valence-electron chi connectivity index (χ3n) is 2.63. The van der Waals surface area contributed by atoms with E-state index >= 15 is 0 Å². The van der Waals surface area contributed by atoms with Gasteiger partial charge >= 0.3 is 5.97 Å². The van der Waals surface area contributed by atoms with Crippen LogP contribution in [0.3, 0.4) is 0 Å². The molecule has 0 spiro atoms. The Morgan fingerprint density at radius 1 is 1.48 bits per heavy atom. The summed E-state index contributed by atoms with van der Waals surface area (Å²) in [6.07, 6.45) is 2.95. The van der Waals surface area contributed by atoms with E-state index in [2.05, 4.69) is 10.3 Å². The van der Waals surface area contributed by atoms with Gasteiger partial charge in [0.25, 0.3) is 0 Å². The summed E-state index contributed by atoms with van der Waals surface area (Å²) in [7, 11) is 0. The summed E-state index contributed by atoms with van der Waals surface area (Å²) in [5, 5.41) is 8.33. The van der Waals surface area contributed by atoms with Crippen molar-refractivity contribution in [3.8, 4) is 0 Å². The molecule has 0 saturated heterocycles. The van der Waals surface area contributed by atoms with Gasteiger partial charge in [-0.3, -0.25) is 4.68 Å². The number of benzene rings is 1. The van der Waals surface area contributed by atoms with Crippen molar-refractivity contribution >= 4 is 35.0 Å². The van der Waals surface area contributed by atoms with Gasteiger partial charge in [0.2, 0.25) is 0 Å². The van der Waals surface area contributed by atoms with Gasteiger partial charge in [0.05, 0.1) is 16.8 Å². The van der Waals surface area contributed by atoms with E-state index in [-0.39, 0.29) is 11.4 Å². The number of aryl methyl sites for hydroxylation is 1. The van der Waals surface area contributed by atoms with Gasteiger partial charge in [-0.25, -0.2) is 4.79 Å². The van der Waals surface area contributed by atoms with Crippen molar-refractivity contribution in [2.24, 2.45) is 10.9 Å². The zero-order valence-electron chi connectivity index (χ0n) is 11.1. The maximum Gasteiger partial charge on any atom is 0.368 e. The van der Waals surface area contributed by atoms with Crippen molar-refractivity contribution in [3.63, 3.8) is 0 Å². The summed E-state index contributed by atoms with van der Waals surface area (Å²) in [6, 6.07) is 4.72. The van der Waals surface area contributed by atoms with Crippen LogP contribution in [0.25, 0.3) is 0 Å². The first-order valence-electron chi connectivity index (χ1n) is 6.04.